The van der Waals surface area contributed by atoms with E-state index in [0.29, 0.717) is 17.5 Å². The average molecular weight is 430 g/mol. The highest BCUT2D eigenvalue weighted by atomic mass is 32.2. The van der Waals surface area contributed by atoms with Crippen molar-refractivity contribution >= 4 is 17.9 Å². The Bertz CT molecular complexity index is 1020. The van der Waals surface area contributed by atoms with Gasteiger partial charge in [-0.1, -0.05) is 29.1 Å². The number of rotatable bonds is 6. The molecule has 9 heteroatoms. The van der Waals surface area contributed by atoms with Crippen molar-refractivity contribution < 1.29 is 14.1 Å². The standard InChI is InChI=1S/C21H27N5O3S/c1-14-8-7-9-15(12-14)26-11-10-22-18(26)30-13-16-23-17(25-29-16)21(5,6)24-19(27)28-20(2,3)4/h7-12H,13H2,1-6H3,(H,24,27). The molecule has 1 aromatic carbocycles. The zero-order chi connectivity index (χ0) is 21.9. The van der Waals surface area contributed by atoms with Crippen LogP contribution in [-0.2, 0) is 16.0 Å². The first kappa shape index (κ1) is 21.9. The Morgan fingerprint density at radius 1 is 1.27 bits per heavy atom. The van der Waals surface area contributed by atoms with Gasteiger partial charge in [0.25, 0.3) is 0 Å². The van der Waals surface area contributed by atoms with Gasteiger partial charge in [0.15, 0.2) is 11.0 Å². The zero-order valence-corrected chi connectivity index (χ0v) is 18.9. The SMILES string of the molecule is Cc1cccc(-n2ccnc2SCc2nc(C(C)(C)NC(=O)OC(C)(C)C)no2)c1. The maximum absolute atomic E-state index is 12.1. The summed E-state index contributed by atoms with van der Waals surface area (Å²) in [5.41, 5.74) is 0.801. The van der Waals surface area contributed by atoms with Gasteiger partial charge in [0, 0.05) is 18.1 Å². The Morgan fingerprint density at radius 3 is 2.73 bits per heavy atom. The molecule has 8 nitrogen and oxygen atoms in total. The number of thioether (sulfide) groups is 1. The van der Waals surface area contributed by atoms with E-state index in [9.17, 15) is 4.79 Å². The molecule has 0 spiro atoms. The van der Waals surface area contributed by atoms with E-state index in [2.05, 4.69) is 39.5 Å². The van der Waals surface area contributed by atoms with Crippen molar-refractivity contribution in [1.82, 2.24) is 25.0 Å². The zero-order valence-electron chi connectivity index (χ0n) is 18.1. The van der Waals surface area contributed by atoms with Gasteiger partial charge in [0.05, 0.1) is 5.75 Å². The van der Waals surface area contributed by atoms with Crippen LogP contribution in [0.1, 0.15) is 51.9 Å². The van der Waals surface area contributed by atoms with Gasteiger partial charge in [-0.05, 0) is 59.2 Å². The molecule has 30 heavy (non-hydrogen) atoms. The van der Waals surface area contributed by atoms with E-state index in [1.54, 1.807) is 20.0 Å². The summed E-state index contributed by atoms with van der Waals surface area (Å²) in [4.78, 5) is 21.0. The van der Waals surface area contributed by atoms with Gasteiger partial charge in [-0.15, -0.1) is 0 Å². The summed E-state index contributed by atoms with van der Waals surface area (Å²) in [5, 5.41) is 7.64. The molecular formula is C21H27N5O3S. The topological polar surface area (TPSA) is 95.1 Å². The number of hydrogen-bond acceptors (Lipinski definition) is 7. The van der Waals surface area contributed by atoms with Crippen LogP contribution < -0.4 is 5.32 Å². The number of amides is 1. The Hall–Kier alpha value is -2.81. The third kappa shape index (κ3) is 5.63. The lowest BCUT2D eigenvalue weighted by Gasteiger charge is -2.26. The molecule has 0 unspecified atom stereocenters. The molecule has 0 saturated carbocycles. The molecule has 0 atom stereocenters. The normalized spacial score (nSPS) is 12.1. The van der Waals surface area contributed by atoms with E-state index in [1.807, 2.05) is 43.7 Å². The third-order valence-corrected chi connectivity index (χ3v) is 5.00. The summed E-state index contributed by atoms with van der Waals surface area (Å²) in [5.74, 6) is 1.29. The molecule has 1 amide bonds. The summed E-state index contributed by atoms with van der Waals surface area (Å²) >= 11 is 1.50. The molecule has 0 bridgehead atoms. The van der Waals surface area contributed by atoms with Gasteiger partial charge < -0.3 is 14.6 Å². The van der Waals surface area contributed by atoms with E-state index in [0.717, 1.165) is 10.8 Å². The minimum atomic E-state index is -0.839. The van der Waals surface area contributed by atoms with Crippen molar-refractivity contribution in [2.75, 3.05) is 0 Å². The number of carbonyl (C=O) groups is 1. The van der Waals surface area contributed by atoms with Crippen LogP contribution >= 0.6 is 11.8 Å². The predicted molar refractivity (Wildman–Crippen MR) is 115 cm³/mol. The Kier molecular flexibility index (Phi) is 6.21. The van der Waals surface area contributed by atoms with E-state index in [-0.39, 0.29) is 0 Å². The number of hydrogen-bond donors (Lipinski definition) is 1. The fourth-order valence-electron chi connectivity index (χ4n) is 2.68. The lowest BCUT2D eigenvalue weighted by Crippen LogP contribution is -2.44. The minimum absolute atomic E-state index is 0.381. The van der Waals surface area contributed by atoms with Crippen LogP contribution in [0, 0.1) is 6.92 Å². The average Bonchev–Trinajstić information content (AvgIpc) is 3.27. The summed E-state index contributed by atoms with van der Waals surface area (Å²) in [6, 6.07) is 8.21. The molecule has 3 aromatic rings. The quantitative estimate of drug-likeness (QED) is 0.571. The first-order chi connectivity index (χ1) is 14.0. The van der Waals surface area contributed by atoms with Crippen molar-refractivity contribution in [3.8, 4) is 5.69 Å². The van der Waals surface area contributed by atoms with Crippen LogP contribution in [0.3, 0.4) is 0 Å². The van der Waals surface area contributed by atoms with E-state index in [1.165, 1.54) is 17.3 Å². The number of benzene rings is 1. The first-order valence-electron chi connectivity index (χ1n) is 9.61. The largest absolute Gasteiger partial charge is 0.444 e. The smallest absolute Gasteiger partial charge is 0.408 e. The van der Waals surface area contributed by atoms with E-state index >= 15 is 0 Å². The highest BCUT2D eigenvalue weighted by Gasteiger charge is 2.31. The summed E-state index contributed by atoms with van der Waals surface area (Å²) in [6.07, 6.45) is 3.15. The second kappa shape index (κ2) is 8.51. The molecule has 0 radical (unpaired) electrons. The van der Waals surface area contributed by atoms with Crippen molar-refractivity contribution in [2.24, 2.45) is 0 Å². The third-order valence-electron chi connectivity index (χ3n) is 4.05. The molecule has 2 heterocycles. The molecule has 2 aromatic heterocycles. The Morgan fingerprint density at radius 2 is 2.03 bits per heavy atom. The molecule has 0 aliphatic heterocycles. The second-order valence-electron chi connectivity index (χ2n) is 8.47. The second-order valence-corrected chi connectivity index (χ2v) is 9.41. The van der Waals surface area contributed by atoms with Gasteiger partial charge in [0.2, 0.25) is 5.89 Å². The molecular weight excluding hydrogens is 402 g/mol. The number of imidazole rings is 1. The van der Waals surface area contributed by atoms with E-state index in [4.69, 9.17) is 9.26 Å². The van der Waals surface area contributed by atoms with Crippen LogP contribution in [0.25, 0.3) is 5.69 Å². The van der Waals surface area contributed by atoms with Gasteiger partial charge >= 0.3 is 6.09 Å². The van der Waals surface area contributed by atoms with Crippen LogP contribution in [0.4, 0.5) is 4.79 Å². The molecule has 0 aliphatic carbocycles. The summed E-state index contributed by atoms with van der Waals surface area (Å²) in [6.45, 7) is 11.1. The maximum Gasteiger partial charge on any atom is 0.408 e. The lowest BCUT2D eigenvalue weighted by molar-refractivity contribution is 0.0465. The molecule has 1 N–H and O–H groups in total. The number of aryl methyl sites for hydroxylation is 1. The van der Waals surface area contributed by atoms with Crippen molar-refractivity contribution in [3.05, 3.63) is 53.9 Å². The van der Waals surface area contributed by atoms with Crippen LogP contribution in [-0.4, -0.2) is 31.4 Å². The molecule has 160 valence electrons. The molecule has 0 aliphatic rings. The predicted octanol–water partition coefficient (Wildman–Crippen LogP) is 4.62. The molecule has 3 rings (SSSR count). The van der Waals surface area contributed by atoms with Gasteiger partial charge in [0.1, 0.15) is 11.1 Å². The number of alkyl carbamates (subject to hydrolysis) is 1. The number of nitrogens with one attached hydrogen (secondary N) is 1. The van der Waals surface area contributed by atoms with Crippen LogP contribution in [0.2, 0.25) is 0 Å². The molecule has 0 fully saturated rings. The van der Waals surface area contributed by atoms with Crippen molar-refractivity contribution in [3.63, 3.8) is 0 Å². The highest BCUT2D eigenvalue weighted by molar-refractivity contribution is 7.98. The number of nitrogens with zero attached hydrogens (tertiary/aromatic N) is 4. The van der Waals surface area contributed by atoms with Crippen molar-refractivity contribution in [1.29, 1.82) is 0 Å². The lowest BCUT2D eigenvalue weighted by atomic mass is 10.1. The highest BCUT2D eigenvalue weighted by Crippen LogP contribution is 2.25. The van der Waals surface area contributed by atoms with E-state index < -0.39 is 17.2 Å². The number of ether oxygens (including phenoxy) is 1. The fraction of sp³-hybridized carbons (Fsp3) is 0.429. The maximum atomic E-state index is 12.1. The fourth-order valence-corrected chi connectivity index (χ4v) is 3.49. The number of carbonyl (C=O) groups excluding carboxylic acids is 1. The van der Waals surface area contributed by atoms with Gasteiger partial charge in [-0.3, -0.25) is 4.57 Å². The first-order valence-corrected chi connectivity index (χ1v) is 10.6. The monoisotopic (exact) mass is 429 g/mol. The van der Waals surface area contributed by atoms with Gasteiger partial charge in [-0.25, -0.2) is 9.78 Å². The van der Waals surface area contributed by atoms with Crippen LogP contribution in [0.5, 0.6) is 0 Å². The summed E-state index contributed by atoms with van der Waals surface area (Å²) < 4.78 is 12.7. The Balaban J connectivity index is 1.65. The number of aromatic nitrogens is 4. The minimum Gasteiger partial charge on any atom is -0.444 e. The van der Waals surface area contributed by atoms with Crippen LogP contribution in [0.15, 0.2) is 46.3 Å². The molecule has 0 saturated heterocycles. The van der Waals surface area contributed by atoms with Gasteiger partial charge in [-0.2, -0.15) is 4.98 Å². The van der Waals surface area contributed by atoms with Crippen molar-refractivity contribution in [2.45, 2.75) is 63.6 Å². The summed E-state index contributed by atoms with van der Waals surface area (Å²) in [7, 11) is 0. The Labute approximate surface area is 180 Å².